The molecule has 0 radical (unpaired) electrons. The highest BCUT2D eigenvalue weighted by molar-refractivity contribution is 5.98. The molecule has 0 spiro atoms. The highest BCUT2D eigenvalue weighted by atomic mass is 16.5. The van der Waals surface area contributed by atoms with Crippen LogP contribution in [0.3, 0.4) is 0 Å². The molecule has 6 nitrogen and oxygen atoms in total. The molecular weight excluding hydrogens is 392 g/mol. The van der Waals surface area contributed by atoms with Gasteiger partial charge in [0.25, 0.3) is 5.91 Å². The maximum Gasteiger partial charge on any atom is 0.261 e. The summed E-state index contributed by atoms with van der Waals surface area (Å²) >= 11 is 0. The molecule has 3 rings (SSSR count). The lowest BCUT2D eigenvalue weighted by molar-refractivity contribution is 0.0904. The summed E-state index contributed by atoms with van der Waals surface area (Å²) in [6, 6.07) is 14.7. The van der Waals surface area contributed by atoms with Gasteiger partial charge in [-0.3, -0.25) is 15.1 Å². The molecule has 1 N–H and O–H groups in total. The van der Waals surface area contributed by atoms with Gasteiger partial charge in [0.1, 0.15) is 23.8 Å². The smallest absolute Gasteiger partial charge is 0.261 e. The Morgan fingerprint density at radius 1 is 1.13 bits per heavy atom. The third-order valence-electron chi connectivity index (χ3n) is 4.80. The lowest BCUT2D eigenvalue weighted by Gasteiger charge is -2.18. The molecule has 0 unspecified atom stereocenters. The van der Waals surface area contributed by atoms with Crippen molar-refractivity contribution in [3.63, 3.8) is 0 Å². The molecule has 1 aliphatic rings. The second kappa shape index (κ2) is 10.8. The van der Waals surface area contributed by atoms with Crippen molar-refractivity contribution in [3.05, 3.63) is 95.0 Å². The molecule has 2 aromatic rings. The predicted molar refractivity (Wildman–Crippen MR) is 121 cm³/mol. The highest BCUT2D eigenvalue weighted by Crippen LogP contribution is 2.27. The number of nitrogens with one attached hydrogen (secondary N) is 1. The van der Waals surface area contributed by atoms with Crippen LogP contribution in [0.2, 0.25) is 0 Å². The van der Waals surface area contributed by atoms with Crippen molar-refractivity contribution in [3.8, 4) is 11.5 Å². The van der Waals surface area contributed by atoms with Crippen LogP contribution in [0.15, 0.2) is 88.9 Å². The Kier molecular flexibility index (Phi) is 7.65. The molecular formula is C25H26N2O4. The molecule has 6 heteroatoms. The predicted octanol–water partition coefficient (Wildman–Crippen LogP) is 4.80. The van der Waals surface area contributed by atoms with E-state index in [0.717, 1.165) is 24.0 Å². The Morgan fingerprint density at radius 2 is 1.94 bits per heavy atom. The van der Waals surface area contributed by atoms with Gasteiger partial charge < -0.3 is 14.2 Å². The zero-order valence-corrected chi connectivity index (χ0v) is 17.8. The van der Waals surface area contributed by atoms with E-state index in [1.54, 1.807) is 25.3 Å². The van der Waals surface area contributed by atoms with E-state index in [0.29, 0.717) is 22.8 Å². The van der Waals surface area contributed by atoms with Gasteiger partial charge in [-0.15, -0.1) is 0 Å². The van der Waals surface area contributed by atoms with E-state index < -0.39 is 0 Å². The molecule has 0 atom stereocenters. The summed E-state index contributed by atoms with van der Waals surface area (Å²) in [5, 5.41) is 2.86. The summed E-state index contributed by atoms with van der Waals surface area (Å²) < 4.78 is 16.6. The number of hydrogen-bond donors (Lipinski definition) is 1. The summed E-state index contributed by atoms with van der Waals surface area (Å²) in [6.07, 6.45) is 7.67. The van der Waals surface area contributed by atoms with Gasteiger partial charge in [-0.05, 0) is 42.8 Å². The third-order valence-corrected chi connectivity index (χ3v) is 4.80. The van der Waals surface area contributed by atoms with Gasteiger partial charge in [0, 0.05) is 6.07 Å². The Labute approximate surface area is 182 Å². The summed E-state index contributed by atoms with van der Waals surface area (Å²) in [6.45, 7) is 3.98. The van der Waals surface area contributed by atoms with E-state index in [1.165, 1.54) is 7.11 Å². The minimum Gasteiger partial charge on any atom is -0.497 e. The van der Waals surface area contributed by atoms with Crippen LogP contribution in [0.4, 0.5) is 0 Å². The van der Waals surface area contributed by atoms with Crippen LogP contribution in [-0.4, -0.2) is 26.8 Å². The summed E-state index contributed by atoms with van der Waals surface area (Å²) in [5.74, 6) is 0.864. The number of amides is 1. The fraction of sp³-hybridized carbons (Fsp3) is 0.200. The highest BCUT2D eigenvalue weighted by Gasteiger charge is 2.20. The number of methoxy groups -OCH3 is 2. The first-order chi connectivity index (χ1) is 15.2. The van der Waals surface area contributed by atoms with Gasteiger partial charge in [0.2, 0.25) is 5.88 Å². The van der Waals surface area contributed by atoms with Gasteiger partial charge in [-0.2, -0.15) is 0 Å². The Morgan fingerprint density at radius 3 is 2.58 bits per heavy atom. The standard InChI is InChI=1S/C25H26N2O4/c1-26-23(19-12-8-5-9-13-19)25(31-17-18-10-6-4-7-11-18)27-24(28)21-15-14-20(29-2)16-22(21)30-3/h4-8,10-12,14-16H,1,9,13,17H2,2-3H3,(H,27,28)/b25-23-. The van der Waals surface area contributed by atoms with Crippen molar-refractivity contribution in [1.82, 2.24) is 5.32 Å². The molecule has 2 aromatic carbocycles. The zero-order valence-electron chi connectivity index (χ0n) is 17.8. The van der Waals surface area contributed by atoms with Crippen LogP contribution in [0.5, 0.6) is 11.5 Å². The van der Waals surface area contributed by atoms with Crippen LogP contribution >= 0.6 is 0 Å². The SMILES string of the molecule is C=N/C(C1=CC=CCC1)=C(/NC(=O)c1ccc(OC)cc1OC)OCc1ccccc1. The van der Waals surface area contributed by atoms with Crippen LogP contribution in [0.1, 0.15) is 28.8 Å². The second-order valence-electron chi connectivity index (χ2n) is 6.79. The first-order valence-electron chi connectivity index (χ1n) is 9.93. The van der Waals surface area contributed by atoms with Gasteiger partial charge >= 0.3 is 0 Å². The maximum atomic E-state index is 13.1. The largest absolute Gasteiger partial charge is 0.497 e. The van der Waals surface area contributed by atoms with Crippen LogP contribution in [-0.2, 0) is 11.3 Å². The van der Waals surface area contributed by atoms with E-state index in [9.17, 15) is 4.79 Å². The van der Waals surface area contributed by atoms with Crippen molar-refractivity contribution in [2.24, 2.45) is 4.99 Å². The second-order valence-corrected chi connectivity index (χ2v) is 6.79. The minimum atomic E-state index is -0.379. The number of hydrogen-bond acceptors (Lipinski definition) is 5. The molecule has 31 heavy (non-hydrogen) atoms. The van der Waals surface area contributed by atoms with E-state index >= 15 is 0 Å². The lowest BCUT2D eigenvalue weighted by atomic mass is 10.0. The molecule has 0 heterocycles. The molecule has 0 aliphatic heterocycles. The average Bonchev–Trinajstić information content (AvgIpc) is 2.83. The number of aliphatic imine (C=N–C) groups is 1. The van der Waals surface area contributed by atoms with E-state index in [2.05, 4.69) is 23.1 Å². The minimum absolute atomic E-state index is 0.253. The normalized spacial score (nSPS) is 13.5. The maximum absolute atomic E-state index is 13.1. The fourth-order valence-electron chi connectivity index (χ4n) is 3.17. The van der Waals surface area contributed by atoms with Gasteiger partial charge in [0.15, 0.2) is 0 Å². The average molecular weight is 418 g/mol. The Balaban J connectivity index is 1.93. The number of nitrogens with zero attached hydrogens (tertiary/aromatic N) is 1. The van der Waals surface area contributed by atoms with Crippen LogP contribution in [0, 0.1) is 0 Å². The molecule has 0 fully saturated rings. The Hall–Kier alpha value is -3.80. The topological polar surface area (TPSA) is 69.2 Å². The van der Waals surface area contributed by atoms with Gasteiger partial charge in [-0.1, -0.05) is 48.6 Å². The summed E-state index contributed by atoms with van der Waals surface area (Å²) in [4.78, 5) is 17.3. The monoisotopic (exact) mass is 418 g/mol. The zero-order chi connectivity index (χ0) is 22.1. The number of ether oxygens (including phenoxy) is 3. The summed E-state index contributed by atoms with van der Waals surface area (Å²) in [5.41, 5.74) is 2.78. The Bertz CT molecular complexity index is 1020. The number of benzene rings is 2. The molecule has 0 saturated heterocycles. The van der Waals surface area contributed by atoms with Gasteiger partial charge in [-0.25, -0.2) is 0 Å². The fourth-order valence-corrected chi connectivity index (χ4v) is 3.17. The van der Waals surface area contributed by atoms with E-state index in [-0.39, 0.29) is 18.4 Å². The number of carbonyl (C=O) groups excluding carboxylic acids is 1. The molecule has 0 saturated carbocycles. The van der Waals surface area contributed by atoms with Crippen molar-refractivity contribution >= 4 is 12.6 Å². The molecule has 1 aliphatic carbocycles. The number of carbonyl (C=O) groups is 1. The van der Waals surface area contributed by atoms with E-state index in [1.807, 2.05) is 42.5 Å². The van der Waals surface area contributed by atoms with Crippen LogP contribution in [0.25, 0.3) is 0 Å². The molecule has 0 bridgehead atoms. The number of rotatable bonds is 9. The van der Waals surface area contributed by atoms with Crippen molar-refractivity contribution in [2.45, 2.75) is 19.4 Å². The van der Waals surface area contributed by atoms with Crippen molar-refractivity contribution < 1.29 is 19.0 Å². The quantitative estimate of drug-likeness (QED) is 0.469. The lowest BCUT2D eigenvalue weighted by Crippen LogP contribution is -2.26. The van der Waals surface area contributed by atoms with Crippen LogP contribution < -0.4 is 14.8 Å². The molecule has 0 aromatic heterocycles. The van der Waals surface area contributed by atoms with Crippen molar-refractivity contribution in [1.29, 1.82) is 0 Å². The first kappa shape index (κ1) is 21.9. The first-order valence-corrected chi connectivity index (χ1v) is 9.93. The van der Waals surface area contributed by atoms with Crippen molar-refractivity contribution in [2.75, 3.05) is 14.2 Å². The van der Waals surface area contributed by atoms with E-state index in [4.69, 9.17) is 14.2 Å². The van der Waals surface area contributed by atoms with Gasteiger partial charge in [0.05, 0.1) is 19.8 Å². The third kappa shape index (κ3) is 5.63. The molecule has 160 valence electrons. The number of allylic oxidation sites excluding steroid dienone is 4. The summed E-state index contributed by atoms with van der Waals surface area (Å²) in [7, 11) is 3.06. The molecule has 1 amide bonds.